The minimum absolute atomic E-state index is 0.0308. The monoisotopic (exact) mass is 396 g/mol. The number of rotatable bonds is 5. The number of amides is 1. The van der Waals surface area contributed by atoms with Crippen molar-refractivity contribution in [3.8, 4) is 0 Å². The van der Waals surface area contributed by atoms with Crippen LogP contribution in [0.25, 0.3) is 0 Å². The van der Waals surface area contributed by atoms with Crippen LogP contribution in [0.4, 0.5) is 5.69 Å². The molecular formula is C20H20N4OS2. The smallest absolute Gasteiger partial charge is 0.238 e. The number of carbonyl (C=O) groups excluding carboxylic acids is 1. The van der Waals surface area contributed by atoms with E-state index in [-0.39, 0.29) is 11.9 Å². The van der Waals surface area contributed by atoms with Crippen LogP contribution >= 0.6 is 23.5 Å². The fourth-order valence-electron chi connectivity index (χ4n) is 3.19. The molecule has 138 valence electrons. The topological polar surface area (TPSA) is 51.0 Å². The largest absolute Gasteiger partial charge is 0.309 e. The van der Waals surface area contributed by atoms with E-state index in [1.165, 1.54) is 11.8 Å². The van der Waals surface area contributed by atoms with Gasteiger partial charge in [0.25, 0.3) is 0 Å². The zero-order valence-corrected chi connectivity index (χ0v) is 16.6. The predicted molar refractivity (Wildman–Crippen MR) is 110 cm³/mol. The van der Waals surface area contributed by atoms with Crippen LogP contribution in [-0.4, -0.2) is 32.2 Å². The Bertz CT molecular complexity index is 928. The molecule has 0 fully saturated rings. The van der Waals surface area contributed by atoms with E-state index in [2.05, 4.69) is 28.4 Å². The molecule has 1 amide bonds. The first-order valence-corrected chi connectivity index (χ1v) is 10.8. The third-order valence-corrected chi connectivity index (χ3v) is 6.64. The highest BCUT2D eigenvalue weighted by Crippen LogP contribution is 2.43. The first-order valence-electron chi connectivity index (χ1n) is 8.87. The molecule has 1 atom stereocenters. The maximum absolute atomic E-state index is 13.3. The molecule has 2 heterocycles. The van der Waals surface area contributed by atoms with Gasteiger partial charge in [-0.15, -0.1) is 22.0 Å². The van der Waals surface area contributed by atoms with E-state index in [0.717, 1.165) is 33.6 Å². The number of hydrogen-bond donors (Lipinski definition) is 0. The van der Waals surface area contributed by atoms with Crippen molar-refractivity contribution in [3.05, 3.63) is 66.5 Å². The summed E-state index contributed by atoms with van der Waals surface area (Å²) in [6, 6.07) is 18.4. The van der Waals surface area contributed by atoms with Crippen molar-refractivity contribution in [2.45, 2.75) is 29.6 Å². The van der Waals surface area contributed by atoms with Crippen molar-refractivity contribution in [1.29, 1.82) is 0 Å². The van der Waals surface area contributed by atoms with Crippen LogP contribution in [0.2, 0.25) is 0 Å². The number of benzene rings is 2. The number of fused-ring (bicyclic) bond motifs is 1. The fraction of sp³-hybridized carbons (Fsp3) is 0.250. The van der Waals surface area contributed by atoms with Gasteiger partial charge in [-0.25, -0.2) is 0 Å². The molecule has 1 unspecified atom stereocenters. The van der Waals surface area contributed by atoms with Crippen LogP contribution in [0.3, 0.4) is 0 Å². The molecule has 0 radical (unpaired) electrons. The molecule has 0 N–H and O–H groups in total. The van der Waals surface area contributed by atoms with Crippen molar-refractivity contribution >= 4 is 35.1 Å². The van der Waals surface area contributed by atoms with Gasteiger partial charge in [-0.05, 0) is 24.6 Å². The Kier molecular flexibility index (Phi) is 5.50. The van der Waals surface area contributed by atoms with Gasteiger partial charge in [0.05, 0.1) is 17.5 Å². The van der Waals surface area contributed by atoms with E-state index in [4.69, 9.17) is 0 Å². The molecule has 27 heavy (non-hydrogen) atoms. The summed E-state index contributed by atoms with van der Waals surface area (Å²) in [5.74, 6) is 1.27. The van der Waals surface area contributed by atoms with Gasteiger partial charge >= 0.3 is 0 Å². The summed E-state index contributed by atoms with van der Waals surface area (Å²) >= 11 is 3.25. The van der Waals surface area contributed by atoms with Gasteiger partial charge in [-0.1, -0.05) is 54.2 Å². The Morgan fingerprint density at radius 3 is 2.78 bits per heavy atom. The maximum Gasteiger partial charge on any atom is 0.238 e. The zero-order valence-electron chi connectivity index (χ0n) is 15.0. The molecule has 1 aromatic heterocycles. The second kappa shape index (κ2) is 8.19. The third-order valence-electron chi connectivity index (χ3n) is 4.53. The average molecular weight is 397 g/mol. The Balaban J connectivity index is 1.62. The number of para-hydroxylation sites is 1. The number of carbonyl (C=O) groups is 1. The van der Waals surface area contributed by atoms with Crippen molar-refractivity contribution in [1.82, 2.24) is 14.8 Å². The van der Waals surface area contributed by atoms with Gasteiger partial charge in [0.2, 0.25) is 5.91 Å². The first-order chi connectivity index (χ1) is 13.3. The van der Waals surface area contributed by atoms with Crippen molar-refractivity contribution in [3.63, 3.8) is 0 Å². The maximum atomic E-state index is 13.3. The Labute approximate surface area is 167 Å². The number of hydrogen-bond acceptors (Lipinski definition) is 5. The summed E-state index contributed by atoms with van der Waals surface area (Å²) in [6.07, 6.45) is 1.70. The highest BCUT2D eigenvalue weighted by atomic mass is 32.2. The molecule has 0 aliphatic carbocycles. The second-order valence-electron chi connectivity index (χ2n) is 6.16. The van der Waals surface area contributed by atoms with Crippen molar-refractivity contribution < 1.29 is 4.79 Å². The minimum Gasteiger partial charge on any atom is -0.309 e. The molecule has 1 aliphatic heterocycles. The summed E-state index contributed by atoms with van der Waals surface area (Å²) in [5.41, 5.74) is 2.15. The second-order valence-corrected chi connectivity index (χ2v) is 8.16. The number of thioether (sulfide) groups is 2. The SMILES string of the molecule is CCn1cnnc1SCC(=O)N1c2ccccc2SCC1c1ccccc1. The Hall–Kier alpha value is -2.25. The number of anilines is 1. The molecular weight excluding hydrogens is 376 g/mol. The van der Waals surface area contributed by atoms with Crippen molar-refractivity contribution in [2.75, 3.05) is 16.4 Å². The quantitative estimate of drug-likeness (QED) is 0.603. The number of aryl methyl sites for hydroxylation is 1. The normalized spacial score (nSPS) is 16.2. The third kappa shape index (κ3) is 3.75. The summed E-state index contributed by atoms with van der Waals surface area (Å²) in [6.45, 7) is 2.83. The fourth-order valence-corrected chi connectivity index (χ4v) is 5.19. The molecule has 0 bridgehead atoms. The van der Waals surface area contributed by atoms with Gasteiger partial charge in [0.15, 0.2) is 5.16 Å². The van der Waals surface area contributed by atoms with Crippen LogP contribution < -0.4 is 4.90 Å². The van der Waals surface area contributed by atoms with Crippen LogP contribution in [0, 0.1) is 0 Å². The lowest BCUT2D eigenvalue weighted by atomic mass is 10.1. The van der Waals surface area contributed by atoms with E-state index in [9.17, 15) is 4.79 Å². The Morgan fingerprint density at radius 2 is 1.96 bits per heavy atom. The highest BCUT2D eigenvalue weighted by molar-refractivity contribution is 8.00. The van der Waals surface area contributed by atoms with Gasteiger partial charge in [-0.2, -0.15) is 0 Å². The molecule has 2 aromatic carbocycles. The number of nitrogens with zero attached hydrogens (tertiary/aromatic N) is 4. The average Bonchev–Trinajstić information content (AvgIpc) is 3.19. The summed E-state index contributed by atoms with van der Waals surface area (Å²) in [7, 11) is 0. The summed E-state index contributed by atoms with van der Waals surface area (Å²) in [4.78, 5) is 16.4. The molecule has 4 rings (SSSR count). The summed E-state index contributed by atoms with van der Waals surface area (Å²) in [5, 5.41) is 8.85. The first kappa shape index (κ1) is 18.1. The molecule has 1 aliphatic rings. The minimum atomic E-state index is 0.0308. The summed E-state index contributed by atoms with van der Waals surface area (Å²) < 4.78 is 1.95. The highest BCUT2D eigenvalue weighted by Gasteiger charge is 2.32. The van der Waals surface area contributed by atoms with Crippen LogP contribution in [-0.2, 0) is 11.3 Å². The van der Waals surface area contributed by atoms with E-state index in [0.29, 0.717) is 5.75 Å². The van der Waals surface area contributed by atoms with E-state index in [1.807, 2.05) is 64.6 Å². The van der Waals surface area contributed by atoms with Gasteiger partial charge in [-0.3, -0.25) is 4.79 Å². The molecule has 5 nitrogen and oxygen atoms in total. The van der Waals surface area contributed by atoms with Crippen molar-refractivity contribution in [2.24, 2.45) is 0 Å². The lowest BCUT2D eigenvalue weighted by molar-refractivity contribution is -0.116. The van der Waals surface area contributed by atoms with E-state index in [1.54, 1.807) is 6.33 Å². The van der Waals surface area contributed by atoms with Crippen LogP contribution in [0.5, 0.6) is 0 Å². The van der Waals surface area contributed by atoms with E-state index >= 15 is 0 Å². The van der Waals surface area contributed by atoms with Crippen LogP contribution in [0.15, 0.2) is 71.0 Å². The van der Waals surface area contributed by atoms with E-state index < -0.39 is 0 Å². The molecule has 3 aromatic rings. The number of aromatic nitrogens is 3. The van der Waals surface area contributed by atoms with Gasteiger partial charge in [0.1, 0.15) is 6.33 Å². The molecule has 7 heteroatoms. The van der Waals surface area contributed by atoms with Gasteiger partial charge in [0, 0.05) is 17.2 Å². The van der Waals surface area contributed by atoms with Crippen LogP contribution in [0.1, 0.15) is 18.5 Å². The lowest BCUT2D eigenvalue weighted by Crippen LogP contribution is -2.39. The standard InChI is InChI=1S/C20H20N4OS2/c1-2-23-14-21-22-20(23)27-13-19(25)24-16-10-6-7-11-18(16)26-12-17(24)15-8-4-3-5-9-15/h3-11,14,17H,2,12-13H2,1H3. The van der Waals surface area contributed by atoms with Gasteiger partial charge < -0.3 is 9.47 Å². The molecule has 0 saturated heterocycles. The molecule has 0 spiro atoms. The lowest BCUT2D eigenvalue weighted by Gasteiger charge is -2.37. The Morgan fingerprint density at radius 1 is 1.19 bits per heavy atom. The predicted octanol–water partition coefficient (Wildman–Crippen LogP) is 4.27. The zero-order chi connectivity index (χ0) is 18.6. The molecule has 0 saturated carbocycles.